The fraction of sp³-hybridized carbons (Fsp3) is 0.207. The van der Waals surface area contributed by atoms with Gasteiger partial charge in [-0.25, -0.2) is 9.79 Å². The molecule has 0 N–H and O–H groups in total. The third-order valence-corrected chi connectivity index (χ3v) is 8.11. The average Bonchev–Trinajstić information content (AvgIpc) is 3.40. The second kappa shape index (κ2) is 10.4. The standard InChI is InChI=1S/C29H27N3O3S2/c1-5-15-31-17-20(22-9-7-8-10-23(22)31)16-24-27(33)32-26(19-11-13-21(36-4)14-12-19)25(28(34)35-6-2)18(3)30-29(32)37-24/h5,7-14,16-17,26H,1,6,15H2,2-4H3/b24-16-/t26-/m0/s1. The number of thiazole rings is 1. The Morgan fingerprint density at radius 3 is 2.68 bits per heavy atom. The highest BCUT2D eigenvalue weighted by Crippen LogP contribution is 2.31. The number of rotatable bonds is 7. The molecule has 5 rings (SSSR count). The van der Waals surface area contributed by atoms with Crippen molar-refractivity contribution in [2.45, 2.75) is 31.3 Å². The number of aromatic nitrogens is 2. The van der Waals surface area contributed by atoms with Gasteiger partial charge in [-0.15, -0.1) is 18.3 Å². The van der Waals surface area contributed by atoms with Crippen molar-refractivity contribution in [2.75, 3.05) is 12.9 Å². The van der Waals surface area contributed by atoms with Crippen molar-refractivity contribution in [2.24, 2.45) is 4.99 Å². The number of para-hydroxylation sites is 1. The van der Waals surface area contributed by atoms with Gasteiger partial charge in [0.15, 0.2) is 4.80 Å². The van der Waals surface area contributed by atoms with Crippen LogP contribution in [0, 0.1) is 0 Å². The van der Waals surface area contributed by atoms with Crippen molar-refractivity contribution in [3.63, 3.8) is 0 Å². The molecule has 4 aromatic rings. The van der Waals surface area contributed by atoms with Gasteiger partial charge < -0.3 is 9.30 Å². The number of hydrogen-bond donors (Lipinski definition) is 0. The first kappa shape index (κ1) is 25.0. The van der Waals surface area contributed by atoms with Gasteiger partial charge in [-0.2, -0.15) is 0 Å². The van der Waals surface area contributed by atoms with Crippen LogP contribution in [0.15, 0.2) is 93.3 Å². The van der Waals surface area contributed by atoms with Crippen LogP contribution in [0.2, 0.25) is 0 Å². The molecule has 2 aromatic heterocycles. The summed E-state index contributed by atoms with van der Waals surface area (Å²) >= 11 is 2.97. The molecule has 0 unspecified atom stereocenters. The summed E-state index contributed by atoms with van der Waals surface area (Å²) < 4.78 is 9.69. The summed E-state index contributed by atoms with van der Waals surface area (Å²) in [5.74, 6) is -0.454. The Kier molecular flexibility index (Phi) is 7.04. The van der Waals surface area contributed by atoms with E-state index in [1.54, 1.807) is 30.2 Å². The fourth-order valence-corrected chi connectivity index (χ4v) is 6.16. The van der Waals surface area contributed by atoms with Crippen LogP contribution in [0.25, 0.3) is 17.0 Å². The number of allylic oxidation sites excluding steroid dienone is 2. The maximum Gasteiger partial charge on any atom is 0.338 e. The van der Waals surface area contributed by atoms with Crippen molar-refractivity contribution < 1.29 is 9.53 Å². The minimum Gasteiger partial charge on any atom is -0.463 e. The van der Waals surface area contributed by atoms with Crippen LogP contribution in [0.4, 0.5) is 0 Å². The normalized spacial score (nSPS) is 15.5. The highest BCUT2D eigenvalue weighted by molar-refractivity contribution is 7.98. The molecule has 0 radical (unpaired) electrons. The molecule has 6 nitrogen and oxygen atoms in total. The Balaban J connectivity index is 1.73. The number of nitrogens with zero attached hydrogens (tertiary/aromatic N) is 3. The number of esters is 1. The van der Waals surface area contributed by atoms with Gasteiger partial charge in [0, 0.05) is 34.1 Å². The van der Waals surface area contributed by atoms with Crippen LogP contribution in [0.5, 0.6) is 0 Å². The summed E-state index contributed by atoms with van der Waals surface area (Å²) in [7, 11) is 0. The molecule has 37 heavy (non-hydrogen) atoms. The van der Waals surface area contributed by atoms with Gasteiger partial charge in [0.2, 0.25) is 0 Å². The summed E-state index contributed by atoms with van der Waals surface area (Å²) in [5.41, 5.74) is 3.63. The topological polar surface area (TPSA) is 65.6 Å². The van der Waals surface area contributed by atoms with E-state index in [0.717, 1.165) is 26.9 Å². The van der Waals surface area contributed by atoms with E-state index in [1.807, 2.05) is 61.0 Å². The van der Waals surface area contributed by atoms with Crippen LogP contribution in [0.1, 0.15) is 31.0 Å². The molecular formula is C29H27N3O3S2. The van der Waals surface area contributed by atoms with Crippen molar-refractivity contribution in [1.29, 1.82) is 0 Å². The highest BCUT2D eigenvalue weighted by atomic mass is 32.2. The zero-order valence-corrected chi connectivity index (χ0v) is 22.6. The number of hydrogen-bond acceptors (Lipinski definition) is 6. The second-order valence-electron chi connectivity index (χ2n) is 8.62. The third-order valence-electron chi connectivity index (χ3n) is 6.38. The molecular weight excluding hydrogens is 502 g/mol. The summed E-state index contributed by atoms with van der Waals surface area (Å²) in [6.45, 7) is 8.35. The van der Waals surface area contributed by atoms with Crippen molar-refractivity contribution >= 4 is 46.0 Å². The molecule has 1 aliphatic heterocycles. The van der Waals surface area contributed by atoms with Crippen molar-refractivity contribution in [1.82, 2.24) is 9.13 Å². The lowest BCUT2D eigenvalue weighted by atomic mass is 9.96. The molecule has 188 valence electrons. The molecule has 0 fully saturated rings. The Morgan fingerprint density at radius 2 is 1.97 bits per heavy atom. The lowest BCUT2D eigenvalue weighted by Gasteiger charge is -2.24. The maximum absolute atomic E-state index is 13.9. The lowest BCUT2D eigenvalue weighted by molar-refractivity contribution is -0.139. The first-order valence-corrected chi connectivity index (χ1v) is 14.0. The molecule has 0 saturated carbocycles. The van der Waals surface area contributed by atoms with Crippen LogP contribution in [0.3, 0.4) is 0 Å². The zero-order chi connectivity index (χ0) is 26.1. The van der Waals surface area contributed by atoms with Gasteiger partial charge in [-0.05, 0) is 49.9 Å². The average molecular weight is 530 g/mol. The monoisotopic (exact) mass is 529 g/mol. The fourth-order valence-electron chi connectivity index (χ4n) is 4.71. The minimum absolute atomic E-state index is 0.183. The van der Waals surface area contributed by atoms with E-state index in [1.165, 1.54) is 11.3 Å². The number of carbonyl (C=O) groups excluding carboxylic acids is 1. The molecule has 0 spiro atoms. The minimum atomic E-state index is -0.615. The molecule has 1 aliphatic rings. The Labute approximate surface area is 222 Å². The summed E-state index contributed by atoms with van der Waals surface area (Å²) in [6, 6.07) is 15.4. The van der Waals surface area contributed by atoms with Crippen LogP contribution >= 0.6 is 23.1 Å². The molecule has 3 heterocycles. The third kappa shape index (κ3) is 4.51. The van der Waals surface area contributed by atoms with Crippen LogP contribution in [-0.4, -0.2) is 28.0 Å². The van der Waals surface area contributed by atoms with Crippen LogP contribution < -0.4 is 14.9 Å². The zero-order valence-electron chi connectivity index (χ0n) is 20.9. The number of fused-ring (bicyclic) bond motifs is 2. The molecule has 0 aliphatic carbocycles. The summed E-state index contributed by atoms with van der Waals surface area (Å²) in [5, 5.41) is 1.06. The number of benzene rings is 2. The van der Waals surface area contributed by atoms with Crippen LogP contribution in [-0.2, 0) is 16.1 Å². The largest absolute Gasteiger partial charge is 0.463 e. The summed E-state index contributed by atoms with van der Waals surface area (Å²) in [6.07, 6.45) is 7.83. The van der Waals surface area contributed by atoms with Gasteiger partial charge in [-0.3, -0.25) is 9.36 Å². The van der Waals surface area contributed by atoms with Gasteiger partial charge in [0.05, 0.1) is 28.5 Å². The lowest BCUT2D eigenvalue weighted by Crippen LogP contribution is -2.39. The molecule has 8 heteroatoms. The smallest absolute Gasteiger partial charge is 0.338 e. The first-order chi connectivity index (χ1) is 18.0. The Morgan fingerprint density at radius 1 is 1.22 bits per heavy atom. The molecule has 0 bridgehead atoms. The number of ether oxygens (including phenoxy) is 1. The first-order valence-electron chi connectivity index (χ1n) is 12.0. The van der Waals surface area contributed by atoms with Gasteiger partial charge in [-0.1, -0.05) is 47.7 Å². The summed E-state index contributed by atoms with van der Waals surface area (Å²) in [4.78, 5) is 33.3. The van der Waals surface area contributed by atoms with E-state index >= 15 is 0 Å². The number of thioether (sulfide) groups is 1. The van der Waals surface area contributed by atoms with E-state index in [0.29, 0.717) is 27.1 Å². The molecule has 0 amide bonds. The Bertz CT molecular complexity index is 1720. The highest BCUT2D eigenvalue weighted by Gasteiger charge is 2.33. The second-order valence-corrected chi connectivity index (χ2v) is 10.5. The van der Waals surface area contributed by atoms with E-state index in [-0.39, 0.29) is 12.2 Å². The van der Waals surface area contributed by atoms with E-state index < -0.39 is 12.0 Å². The van der Waals surface area contributed by atoms with Crippen molar-refractivity contribution in [3.05, 3.63) is 109 Å². The van der Waals surface area contributed by atoms with E-state index in [4.69, 9.17) is 4.74 Å². The predicted octanol–water partition coefficient (Wildman–Crippen LogP) is 4.66. The maximum atomic E-state index is 13.9. The molecule has 2 aromatic carbocycles. The van der Waals surface area contributed by atoms with Gasteiger partial charge in [0.25, 0.3) is 5.56 Å². The quantitative estimate of drug-likeness (QED) is 0.198. The van der Waals surface area contributed by atoms with Gasteiger partial charge >= 0.3 is 5.97 Å². The SMILES string of the molecule is C=CCn1cc(/C=c2\sc3n(c2=O)[C@@H](c2ccc(SC)cc2)C(C(=O)OCC)=C(C)N=3)c2ccccc21. The molecule has 1 atom stereocenters. The number of carbonyl (C=O) groups is 1. The Hall–Kier alpha value is -3.62. The van der Waals surface area contributed by atoms with E-state index in [2.05, 4.69) is 28.3 Å². The predicted molar refractivity (Wildman–Crippen MR) is 151 cm³/mol. The van der Waals surface area contributed by atoms with Gasteiger partial charge in [0.1, 0.15) is 0 Å². The molecule has 0 saturated heterocycles. The van der Waals surface area contributed by atoms with E-state index in [9.17, 15) is 9.59 Å². The van der Waals surface area contributed by atoms with Crippen molar-refractivity contribution in [3.8, 4) is 0 Å².